The molecule has 0 saturated carbocycles. The first-order valence-corrected chi connectivity index (χ1v) is 9.78. The first-order valence-electron chi connectivity index (χ1n) is 8.90. The van der Waals surface area contributed by atoms with E-state index in [-0.39, 0.29) is 0 Å². The van der Waals surface area contributed by atoms with Crippen LogP contribution in [0.2, 0.25) is 0 Å². The highest BCUT2D eigenvalue weighted by Gasteiger charge is 2.27. The van der Waals surface area contributed by atoms with Crippen molar-refractivity contribution in [1.82, 2.24) is 19.7 Å². The number of hydrogen-bond acceptors (Lipinski definition) is 4. The molecule has 0 radical (unpaired) electrons. The number of rotatable bonds is 4. The summed E-state index contributed by atoms with van der Waals surface area (Å²) in [5, 5.41) is 7.17. The summed E-state index contributed by atoms with van der Waals surface area (Å²) < 4.78 is 38.6. The largest absolute Gasteiger partial charge is 0.405 e. The van der Waals surface area contributed by atoms with Crippen LogP contribution >= 0.6 is 11.3 Å². The van der Waals surface area contributed by atoms with Crippen LogP contribution in [0.25, 0.3) is 28.2 Å². The fourth-order valence-corrected chi connectivity index (χ4v) is 3.58. The van der Waals surface area contributed by atoms with Crippen LogP contribution in [0.1, 0.15) is 5.01 Å². The Hall–Kier alpha value is -3.40. The van der Waals surface area contributed by atoms with Gasteiger partial charge in [0.25, 0.3) is 0 Å². The average molecular weight is 431 g/mol. The van der Waals surface area contributed by atoms with Crippen molar-refractivity contribution < 1.29 is 18.0 Å². The van der Waals surface area contributed by atoms with E-state index < -0.39 is 18.8 Å². The van der Waals surface area contributed by atoms with Gasteiger partial charge in [-0.2, -0.15) is 13.2 Å². The Kier molecular flexibility index (Phi) is 5.17. The van der Waals surface area contributed by atoms with Gasteiger partial charge in [0.05, 0.1) is 22.6 Å². The van der Waals surface area contributed by atoms with Gasteiger partial charge in [-0.1, -0.05) is 12.1 Å². The Balaban J connectivity index is 1.57. The van der Waals surface area contributed by atoms with Crippen molar-refractivity contribution in [3.63, 3.8) is 0 Å². The van der Waals surface area contributed by atoms with Gasteiger partial charge in [-0.3, -0.25) is 4.40 Å². The minimum absolute atomic E-state index is 0.372. The molecule has 0 aliphatic rings. The van der Waals surface area contributed by atoms with Gasteiger partial charge in [-0.15, -0.1) is 11.3 Å². The number of imidazole rings is 1. The molecule has 1 aromatic carbocycles. The Morgan fingerprint density at radius 2 is 2.03 bits per heavy atom. The summed E-state index contributed by atoms with van der Waals surface area (Å²) in [6.07, 6.45) is -0.877. The van der Waals surface area contributed by atoms with Crippen LogP contribution < -0.4 is 10.6 Å². The lowest BCUT2D eigenvalue weighted by atomic mass is 10.1. The van der Waals surface area contributed by atoms with Crippen molar-refractivity contribution in [2.24, 2.45) is 0 Å². The highest BCUT2D eigenvalue weighted by atomic mass is 32.1. The van der Waals surface area contributed by atoms with Gasteiger partial charge in [0.1, 0.15) is 12.2 Å². The van der Waals surface area contributed by atoms with Gasteiger partial charge in [0.15, 0.2) is 0 Å². The van der Waals surface area contributed by atoms with Crippen LogP contribution in [0, 0.1) is 6.92 Å². The number of urea groups is 1. The van der Waals surface area contributed by atoms with Crippen LogP contribution in [0.3, 0.4) is 0 Å². The van der Waals surface area contributed by atoms with Crippen molar-refractivity contribution in [3.05, 3.63) is 59.2 Å². The summed E-state index contributed by atoms with van der Waals surface area (Å²) in [6.45, 7) is 0.553. The van der Waals surface area contributed by atoms with Crippen molar-refractivity contribution in [3.8, 4) is 22.5 Å². The van der Waals surface area contributed by atoms with Crippen molar-refractivity contribution in [1.29, 1.82) is 0 Å². The zero-order valence-electron chi connectivity index (χ0n) is 15.7. The molecule has 2 amide bonds. The van der Waals surface area contributed by atoms with E-state index in [2.05, 4.69) is 15.3 Å². The van der Waals surface area contributed by atoms with Crippen LogP contribution in [0.4, 0.5) is 23.7 Å². The van der Waals surface area contributed by atoms with Gasteiger partial charge < -0.3 is 10.6 Å². The number of nitrogens with zero attached hydrogens (tertiary/aromatic N) is 3. The van der Waals surface area contributed by atoms with Gasteiger partial charge >= 0.3 is 12.2 Å². The lowest BCUT2D eigenvalue weighted by Gasteiger charge is -2.11. The number of pyridine rings is 1. The molecule has 0 aliphatic carbocycles. The summed E-state index contributed by atoms with van der Waals surface area (Å²) >= 11 is 1.58. The summed E-state index contributed by atoms with van der Waals surface area (Å²) in [5.41, 5.74) is 4.49. The fraction of sp³-hybridized carbons (Fsp3) is 0.150. The van der Waals surface area contributed by atoms with E-state index in [0.29, 0.717) is 5.69 Å². The summed E-state index contributed by atoms with van der Waals surface area (Å²) in [7, 11) is 0. The maximum atomic E-state index is 12.2. The first-order chi connectivity index (χ1) is 14.3. The molecule has 0 spiro atoms. The predicted molar refractivity (Wildman–Crippen MR) is 110 cm³/mol. The van der Waals surface area contributed by atoms with E-state index in [0.717, 1.165) is 33.2 Å². The number of halogens is 3. The number of benzene rings is 1. The number of nitrogens with one attached hydrogen (secondary N) is 2. The number of thiazole rings is 1. The van der Waals surface area contributed by atoms with Crippen LogP contribution in [-0.4, -0.2) is 33.1 Å². The number of aryl methyl sites for hydroxylation is 1. The number of fused-ring (bicyclic) bond motifs is 1. The molecule has 4 rings (SSSR count). The van der Waals surface area contributed by atoms with Crippen LogP contribution in [0.15, 0.2) is 54.2 Å². The minimum atomic E-state index is -4.47. The molecule has 4 aromatic rings. The molecule has 154 valence electrons. The summed E-state index contributed by atoms with van der Waals surface area (Å²) in [5.74, 6) is 0. The Bertz CT molecular complexity index is 1210. The average Bonchev–Trinajstić information content (AvgIpc) is 3.32. The van der Waals surface area contributed by atoms with E-state index in [1.807, 2.05) is 41.1 Å². The van der Waals surface area contributed by atoms with Crippen LogP contribution in [-0.2, 0) is 0 Å². The van der Waals surface area contributed by atoms with Crippen molar-refractivity contribution >= 4 is 28.7 Å². The number of amides is 2. The van der Waals surface area contributed by atoms with Crippen molar-refractivity contribution in [2.75, 3.05) is 11.9 Å². The van der Waals surface area contributed by atoms with E-state index in [4.69, 9.17) is 0 Å². The standard InChI is InChI=1S/C20H16F3N5OS/c1-12-26-16(10-30-12)13-5-6-28-17(9-24-18(28)8-13)14-3-2-4-15(7-14)27-19(29)25-11-20(21,22)23/h2-10H,11H2,1H3,(H2,25,27,29). The SMILES string of the molecule is Cc1nc(-c2ccn3c(-c4cccc(NC(=O)NCC(F)(F)F)c4)cnc3c2)cs1. The third kappa shape index (κ3) is 4.43. The Morgan fingerprint density at radius 3 is 2.77 bits per heavy atom. The molecule has 0 aliphatic heterocycles. The van der Waals surface area contributed by atoms with Gasteiger partial charge in [-0.25, -0.2) is 14.8 Å². The van der Waals surface area contributed by atoms with E-state index in [1.54, 1.807) is 41.0 Å². The zero-order chi connectivity index (χ0) is 21.3. The Morgan fingerprint density at radius 1 is 1.20 bits per heavy atom. The lowest BCUT2D eigenvalue weighted by Crippen LogP contribution is -2.36. The smallest absolute Gasteiger partial charge is 0.329 e. The second-order valence-corrected chi connectivity index (χ2v) is 7.60. The molecule has 2 N–H and O–H groups in total. The predicted octanol–water partition coefficient (Wildman–Crippen LogP) is 5.12. The second-order valence-electron chi connectivity index (χ2n) is 6.54. The molecule has 30 heavy (non-hydrogen) atoms. The topological polar surface area (TPSA) is 71.3 Å². The number of carbonyl (C=O) groups is 1. The molecule has 6 nitrogen and oxygen atoms in total. The molecule has 0 unspecified atom stereocenters. The first kappa shape index (κ1) is 19.9. The monoisotopic (exact) mass is 431 g/mol. The molecule has 3 heterocycles. The number of alkyl halides is 3. The van der Waals surface area contributed by atoms with Crippen LogP contribution in [0.5, 0.6) is 0 Å². The molecule has 3 aromatic heterocycles. The number of carbonyl (C=O) groups excluding carboxylic acids is 1. The number of aromatic nitrogens is 3. The minimum Gasteiger partial charge on any atom is -0.329 e. The van der Waals surface area contributed by atoms with Gasteiger partial charge in [-0.05, 0) is 31.2 Å². The maximum absolute atomic E-state index is 12.2. The van der Waals surface area contributed by atoms with E-state index >= 15 is 0 Å². The highest BCUT2D eigenvalue weighted by molar-refractivity contribution is 7.09. The number of anilines is 1. The molecule has 0 bridgehead atoms. The zero-order valence-corrected chi connectivity index (χ0v) is 16.5. The van der Waals surface area contributed by atoms with E-state index in [1.165, 1.54) is 0 Å². The number of hydrogen-bond donors (Lipinski definition) is 2. The van der Waals surface area contributed by atoms with E-state index in [9.17, 15) is 18.0 Å². The summed E-state index contributed by atoms with van der Waals surface area (Å²) in [6, 6.07) is 9.77. The van der Waals surface area contributed by atoms with Gasteiger partial charge in [0, 0.05) is 28.4 Å². The third-order valence-electron chi connectivity index (χ3n) is 4.29. The molecule has 10 heteroatoms. The lowest BCUT2D eigenvalue weighted by molar-refractivity contribution is -0.122. The fourth-order valence-electron chi connectivity index (χ4n) is 2.96. The normalized spacial score (nSPS) is 11.6. The highest BCUT2D eigenvalue weighted by Crippen LogP contribution is 2.27. The maximum Gasteiger partial charge on any atom is 0.405 e. The molecule has 0 fully saturated rings. The quantitative estimate of drug-likeness (QED) is 0.471. The molecular formula is C20H16F3N5OS. The van der Waals surface area contributed by atoms with Crippen molar-refractivity contribution in [2.45, 2.75) is 13.1 Å². The molecule has 0 saturated heterocycles. The summed E-state index contributed by atoms with van der Waals surface area (Å²) in [4.78, 5) is 20.6. The second kappa shape index (κ2) is 7.79. The molecule has 0 atom stereocenters. The third-order valence-corrected chi connectivity index (χ3v) is 5.07. The molecular weight excluding hydrogens is 415 g/mol. The Labute approximate surface area is 173 Å². The van der Waals surface area contributed by atoms with Gasteiger partial charge in [0.2, 0.25) is 0 Å².